The van der Waals surface area contributed by atoms with Crippen molar-refractivity contribution in [1.82, 2.24) is 10.2 Å². The molecule has 2 heteroatoms. The number of likely N-dealkylation sites (N-methyl/N-ethyl adjacent to an activating group) is 1. The van der Waals surface area contributed by atoms with E-state index in [-0.39, 0.29) is 0 Å². The number of hydrogen-bond acceptors (Lipinski definition) is 2. The molecule has 106 valence electrons. The van der Waals surface area contributed by atoms with E-state index in [4.69, 9.17) is 0 Å². The summed E-state index contributed by atoms with van der Waals surface area (Å²) in [6, 6.07) is 5.38. The molecule has 0 bridgehead atoms. The van der Waals surface area contributed by atoms with Gasteiger partial charge in [0.15, 0.2) is 0 Å². The number of aryl methyl sites for hydroxylation is 1. The third-order valence-corrected chi connectivity index (χ3v) is 4.44. The fourth-order valence-corrected chi connectivity index (χ4v) is 2.45. The quantitative estimate of drug-likeness (QED) is 0.811. The molecular formula is C17H28N2. The maximum Gasteiger partial charge on any atom is 0.0104 e. The van der Waals surface area contributed by atoms with Gasteiger partial charge in [-0.15, -0.1) is 0 Å². The van der Waals surface area contributed by atoms with Crippen LogP contribution in [0.1, 0.15) is 35.1 Å². The van der Waals surface area contributed by atoms with Gasteiger partial charge in [-0.2, -0.15) is 0 Å². The van der Waals surface area contributed by atoms with E-state index in [1.165, 1.54) is 35.1 Å². The van der Waals surface area contributed by atoms with Gasteiger partial charge >= 0.3 is 0 Å². The van der Waals surface area contributed by atoms with Crippen molar-refractivity contribution in [3.63, 3.8) is 0 Å². The summed E-state index contributed by atoms with van der Waals surface area (Å²) in [4.78, 5) is 2.43. The molecule has 1 fully saturated rings. The van der Waals surface area contributed by atoms with E-state index < -0.39 is 0 Å². The van der Waals surface area contributed by atoms with Crippen LogP contribution in [0.25, 0.3) is 0 Å². The van der Waals surface area contributed by atoms with Crippen molar-refractivity contribution in [3.05, 3.63) is 34.4 Å². The van der Waals surface area contributed by atoms with Crippen LogP contribution in [-0.2, 0) is 6.42 Å². The third kappa shape index (κ3) is 4.32. The average molecular weight is 260 g/mol. The first-order valence-electron chi connectivity index (χ1n) is 7.55. The first-order chi connectivity index (χ1) is 9.08. The van der Waals surface area contributed by atoms with Crippen LogP contribution in [0.3, 0.4) is 0 Å². The van der Waals surface area contributed by atoms with Crippen molar-refractivity contribution in [2.45, 2.75) is 46.1 Å². The third-order valence-electron chi connectivity index (χ3n) is 4.44. The van der Waals surface area contributed by atoms with Crippen molar-refractivity contribution in [1.29, 1.82) is 0 Å². The Labute approximate surface area is 118 Å². The van der Waals surface area contributed by atoms with Crippen LogP contribution in [0.15, 0.2) is 12.1 Å². The van der Waals surface area contributed by atoms with E-state index in [0.717, 1.165) is 32.1 Å². The molecule has 0 aliphatic heterocycles. The average Bonchev–Trinajstić information content (AvgIpc) is 3.19. The fraction of sp³-hybridized carbons (Fsp3) is 0.647. The lowest BCUT2D eigenvalue weighted by Crippen LogP contribution is -2.31. The molecule has 19 heavy (non-hydrogen) atoms. The molecule has 1 N–H and O–H groups in total. The fourth-order valence-electron chi connectivity index (χ4n) is 2.45. The SMILES string of the molecule is Cc1ccc(CCN(C)CCNC2CC2)c(C)c1C. The molecule has 0 heterocycles. The topological polar surface area (TPSA) is 15.3 Å². The van der Waals surface area contributed by atoms with Crippen molar-refractivity contribution in [2.75, 3.05) is 26.7 Å². The normalized spacial score (nSPS) is 15.2. The maximum absolute atomic E-state index is 3.57. The van der Waals surface area contributed by atoms with E-state index in [2.05, 4.69) is 50.2 Å². The molecule has 1 aliphatic rings. The second-order valence-electron chi connectivity index (χ2n) is 6.07. The van der Waals surface area contributed by atoms with Crippen molar-refractivity contribution in [2.24, 2.45) is 0 Å². The highest BCUT2D eigenvalue weighted by molar-refractivity contribution is 5.38. The van der Waals surface area contributed by atoms with Gasteiger partial charge < -0.3 is 10.2 Å². The Bertz CT molecular complexity index is 422. The van der Waals surface area contributed by atoms with Gasteiger partial charge in [0.25, 0.3) is 0 Å². The second-order valence-corrected chi connectivity index (χ2v) is 6.07. The van der Waals surface area contributed by atoms with E-state index >= 15 is 0 Å². The van der Waals surface area contributed by atoms with Crippen LogP contribution in [0.5, 0.6) is 0 Å². The molecule has 1 aliphatic carbocycles. The number of nitrogens with zero attached hydrogens (tertiary/aromatic N) is 1. The smallest absolute Gasteiger partial charge is 0.0104 e. The Hall–Kier alpha value is -0.860. The van der Waals surface area contributed by atoms with Gasteiger partial charge in [-0.25, -0.2) is 0 Å². The highest BCUT2D eigenvalue weighted by Crippen LogP contribution is 2.18. The van der Waals surface area contributed by atoms with E-state index in [0.29, 0.717) is 0 Å². The summed E-state index contributed by atoms with van der Waals surface area (Å²) >= 11 is 0. The summed E-state index contributed by atoms with van der Waals surface area (Å²) < 4.78 is 0. The Morgan fingerprint density at radius 3 is 2.53 bits per heavy atom. The minimum absolute atomic E-state index is 0.829. The van der Waals surface area contributed by atoms with Gasteiger partial charge in [0.05, 0.1) is 0 Å². The van der Waals surface area contributed by atoms with Gasteiger partial charge in [0.2, 0.25) is 0 Å². The zero-order chi connectivity index (χ0) is 13.8. The summed E-state index contributed by atoms with van der Waals surface area (Å²) in [5, 5.41) is 3.57. The molecule has 0 aromatic heterocycles. The predicted octanol–water partition coefficient (Wildman–Crippen LogP) is 2.84. The minimum Gasteiger partial charge on any atom is -0.313 e. The Morgan fingerprint density at radius 2 is 1.84 bits per heavy atom. The lowest BCUT2D eigenvalue weighted by molar-refractivity contribution is 0.335. The molecule has 0 atom stereocenters. The molecule has 0 unspecified atom stereocenters. The zero-order valence-corrected chi connectivity index (χ0v) is 12.9. The number of hydrogen-bond donors (Lipinski definition) is 1. The van der Waals surface area contributed by atoms with Gasteiger partial charge in [-0.3, -0.25) is 0 Å². The van der Waals surface area contributed by atoms with Crippen LogP contribution >= 0.6 is 0 Å². The highest BCUT2D eigenvalue weighted by Gasteiger charge is 2.19. The van der Waals surface area contributed by atoms with Crippen LogP contribution < -0.4 is 5.32 Å². The van der Waals surface area contributed by atoms with E-state index in [9.17, 15) is 0 Å². The number of benzene rings is 1. The molecule has 0 spiro atoms. The summed E-state index contributed by atoms with van der Waals surface area (Å²) in [5.41, 5.74) is 5.84. The van der Waals surface area contributed by atoms with Crippen molar-refractivity contribution < 1.29 is 0 Å². The standard InChI is InChI=1S/C17H28N2/c1-13-5-6-16(15(3)14(13)2)9-11-19(4)12-10-18-17-7-8-17/h5-6,17-18H,7-12H2,1-4H3. The predicted molar refractivity (Wildman–Crippen MR) is 82.9 cm³/mol. The molecule has 1 saturated carbocycles. The van der Waals surface area contributed by atoms with Gasteiger partial charge in [-0.05, 0) is 69.3 Å². The summed E-state index contributed by atoms with van der Waals surface area (Å²) in [5.74, 6) is 0. The molecule has 0 amide bonds. The maximum atomic E-state index is 3.57. The first-order valence-corrected chi connectivity index (χ1v) is 7.55. The molecule has 0 radical (unpaired) electrons. The van der Waals surface area contributed by atoms with Gasteiger partial charge in [0.1, 0.15) is 0 Å². The zero-order valence-electron chi connectivity index (χ0n) is 12.9. The molecule has 2 rings (SSSR count). The number of nitrogens with one attached hydrogen (secondary N) is 1. The van der Waals surface area contributed by atoms with Crippen LogP contribution in [0.2, 0.25) is 0 Å². The molecular weight excluding hydrogens is 232 g/mol. The summed E-state index contributed by atoms with van der Waals surface area (Å²) in [7, 11) is 2.23. The molecule has 2 nitrogen and oxygen atoms in total. The monoisotopic (exact) mass is 260 g/mol. The van der Waals surface area contributed by atoms with E-state index in [1.54, 1.807) is 0 Å². The van der Waals surface area contributed by atoms with Crippen LogP contribution in [0.4, 0.5) is 0 Å². The van der Waals surface area contributed by atoms with Gasteiger partial charge in [-0.1, -0.05) is 12.1 Å². The van der Waals surface area contributed by atoms with Gasteiger partial charge in [0, 0.05) is 25.7 Å². The minimum atomic E-state index is 0.829. The highest BCUT2D eigenvalue weighted by atomic mass is 15.1. The largest absolute Gasteiger partial charge is 0.313 e. The Morgan fingerprint density at radius 1 is 1.11 bits per heavy atom. The first kappa shape index (κ1) is 14.5. The van der Waals surface area contributed by atoms with Crippen molar-refractivity contribution >= 4 is 0 Å². The van der Waals surface area contributed by atoms with Crippen molar-refractivity contribution in [3.8, 4) is 0 Å². The van der Waals surface area contributed by atoms with Crippen LogP contribution in [-0.4, -0.2) is 37.6 Å². The van der Waals surface area contributed by atoms with E-state index in [1.807, 2.05) is 0 Å². The second kappa shape index (κ2) is 6.53. The lowest BCUT2D eigenvalue weighted by atomic mass is 9.97. The number of rotatable bonds is 7. The lowest BCUT2D eigenvalue weighted by Gasteiger charge is -2.18. The Balaban J connectivity index is 1.75. The summed E-state index contributed by atoms with van der Waals surface area (Å²) in [6.07, 6.45) is 3.92. The molecule has 0 saturated heterocycles. The molecule has 1 aromatic carbocycles. The Kier molecular flexibility index (Phi) is 5.00. The summed E-state index contributed by atoms with van der Waals surface area (Å²) in [6.45, 7) is 10.1. The molecule has 1 aromatic rings. The van der Waals surface area contributed by atoms with Crippen LogP contribution in [0, 0.1) is 20.8 Å².